The number of para-hydroxylation sites is 2. The average molecular weight is 236 g/mol. The number of fused-ring (bicyclic) bond motifs is 1. The largest absolute Gasteiger partial charge is 0.480 e. The number of nitrogens with one attached hydrogen (secondary N) is 1. The van der Waals surface area contributed by atoms with Gasteiger partial charge in [0.15, 0.2) is 5.58 Å². The maximum atomic E-state index is 11.6. The molecule has 0 saturated carbocycles. The predicted molar refractivity (Wildman–Crippen MR) is 56.9 cm³/mol. The number of benzene rings is 1. The van der Waals surface area contributed by atoms with E-state index in [0.717, 1.165) is 4.57 Å². The van der Waals surface area contributed by atoms with Crippen molar-refractivity contribution in [2.24, 2.45) is 0 Å². The molecule has 2 aromatic rings. The van der Waals surface area contributed by atoms with Crippen molar-refractivity contribution >= 4 is 23.1 Å². The Morgan fingerprint density at radius 1 is 1.35 bits per heavy atom. The van der Waals surface area contributed by atoms with E-state index in [1.54, 1.807) is 12.1 Å². The van der Waals surface area contributed by atoms with Crippen LogP contribution in [0.3, 0.4) is 0 Å². The summed E-state index contributed by atoms with van der Waals surface area (Å²) >= 11 is 0. The number of carboxylic acid groups (broad SMARTS) is 1. The molecule has 2 N–H and O–H groups in total. The van der Waals surface area contributed by atoms with Crippen LogP contribution in [0.2, 0.25) is 0 Å². The molecule has 0 unspecified atom stereocenters. The first-order valence-corrected chi connectivity index (χ1v) is 4.70. The van der Waals surface area contributed by atoms with Crippen LogP contribution in [0, 0.1) is 0 Å². The van der Waals surface area contributed by atoms with Crippen LogP contribution in [0.5, 0.6) is 0 Å². The van der Waals surface area contributed by atoms with Gasteiger partial charge in [0.1, 0.15) is 6.54 Å². The molecule has 1 aromatic carbocycles. The zero-order valence-corrected chi connectivity index (χ0v) is 8.54. The van der Waals surface area contributed by atoms with Crippen LogP contribution in [0.25, 0.3) is 11.1 Å². The number of aromatic nitrogens is 1. The molecule has 0 aliphatic heterocycles. The quantitative estimate of drug-likeness (QED) is 0.777. The average Bonchev–Trinajstić information content (AvgIpc) is 2.61. The van der Waals surface area contributed by atoms with Crippen LogP contribution < -0.4 is 11.1 Å². The molecule has 1 aromatic heterocycles. The Morgan fingerprint density at radius 3 is 2.76 bits per heavy atom. The second-order valence-corrected chi connectivity index (χ2v) is 3.22. The molecule has 1 heterocycles. The number of aliphatic carboxylic acids is 1. The van der Waals surface area contributed by atoms with Crippen LogP contribution in [-0.4, -0.2) is 28.2 Å². The van der Waals surface area contributed by atoms with Crippen molar-refractivity contribution in [2.75, 3.05) is 6.54 Å². The van der Waals surface area contributed by atoms with E-state index in [4.69, 9.17) is 9.52 Å². The fraction of sp³-hybridized carbons (Fsp3) is 0.100. The molecule has 0 atom stereocenters. The van der Waals surface area contributed by atoms with Gasteiger partial charge in [-0.2, -0.15) is 4.57 Å². The monoisotopic (exact) mass is 236 g/mol. The summed E-state index contributed by atoms with van der Waals surface area (Å²) in [5, 5.41) is 10.5. The van der Waals surface area contributed by atoms with Crippen LogP contribution in [-0.2, 0) is 4.79 Å². The smallest absolute Gasteiger partial charge is 0.428 e. The molecule has 0 saturated heterocycles. The molecule has 0 spiro atoms. The first kappa shape index (κ1) is 10.9. The van der Waals surface area contributed by atoms with Crippen molar-refractivity contribution in [3.05, 3.63) is 34.8 Å². The topological polar surface area (TPSA) is 102 Å². The number of carboxylic acids is 1. The molecule has 0 bridgehead atoms. The Labute approximate surface area is 94.3 Å². The normalized spacial score (nSPS) is 10.4. The number of nitrogens with zero attached hydrogens (tertiary/aromatic N) is 1. The van der Waals surface area contributed by atoms with Gasteiger partial charge >= 0.3 is 17.8 Å². The molecule has 2 rings (SSSR count). The van der Waals surface area contributed by atoms with Gasteiger partial charge < -0.3 is 14.8 Å². The van der Waals surface area contributed by atoms with Crippen molar-refractivity contribution in [1.82, 2.24) is 9.88 Å². The van der Waals surface area contributed by atoms with Crippen LogP contribution in [0.15, 0.2) is 33.5 Å². The summed E-state index contributed by atoms with van der Waals surface area (Å²) in [4.78, 5) is 33.3. The third kappa shape index (κ3) is 2.03. The summed E-state index contributed by atoms with van der Waals surface area (Å²) in [5.74, 6) is -2.05. The Hall–Kier alpha value is -2.57. The maximum absolute atomic E-state index is 11.6. The lowest BCUT2D eigenvalue weighted by molar-refractivity contribution is -0.135. The van der Waals surface area contributed by atoms with Crippen molar-refractivity contribution < 1.29 is 19.1 Å². The minimum Gasteiger partial charge on any atom is -0.480 e. The number of hydrogen-bond donors (Lipinski definition) is 2. The van der Waals surface area contributed by atoms with Crippen molar-refractivity contribution in [3.8, 4) is 0 Å². The van der Waals surface area contributed by atoms with E-state index < -0.39 is 24.3 Å². The Kier molecular flexibility index (Phi) is 2.65. The number of amides is 1. The highest BCUT2D eigenvalue weighted by Crippen LogP contribution is 2.10. The Morgan fingerprint density at radius 2 is 2.06 bits per heavy atom. The predicted octanol–water partition coefficient (Wildman–Crippen LogP) is 0.237. The Balaban J connectivity index is 2.41. The van der Waals surface area contributed by atoms with Gasteiger partial charge in [-0.15, -0.1) is 0 Å². The lowest BCUT2D eigenvalue weighted by atomic mass is 10.3. The van der Waals surface area contributed by atoms with E-state index in [9.17, 15) is 14.4 Å². The lowest BCUT2D eigenvalue weighted by Gasteiger charge is -2.01. The highest BCUT2D eigenvalue weighted by atomic mass is 16.4. The van der Waals surface area contributed by atoms with Crippen molar-refractivity contribution in [2.45, 2.75) is 0 Å². The van der Waals surface area contributed by atoms with Crippen molar-refractivity contribution in [3.63, 3.8) is 0 Å². The van der Waals surface area contributed by atoms with E-state index in [1.165, 1.54) is 12.1 Å². The van der Waals surface area contributed by atoms with Gasteiger partial charge in [0.05, 0.1) is 5.52 Å². The standard InChI is InChI=1S/C10H8N2O5/c13-8(14)5-11-9(15)12-6-3-1-2-4-7(6)17-10(12)16/h1-4H,5H2,(H,11,15)(H,13,14). The fourth-order valence-electron chi connectivity index (χ4n) is 1.39. The van der Waals surface area contributed by atoms with Gasteiger partial charge in [-0.1, -0.05) is 12.1 Å². The van der Waals surface area contributed by atoms with Gasteiger partial charge in [-0.3, -0.25) is 4.79 Å². The number of rotatable bonds is 2. The van der Waals surface area contributed by atoms with Crippen LogP contribution in [0.4, 0.5) is 4.79 Å². The lowest BCUT2D eigenvalue weighted by Crippen LogP contribution is -2.37. The molecule has 0 aliphatic rings. The molecule has 0 aliphatic carbocycles. The highest BCUT2D eigenvalue weighted by Gasteiger charge is 2.15. The van der Waals surface area contributed by atoms with Gasteiger partial charge in [-0.05, 0) is 12.1 Å². The van der Waals surface area contributed by atoms with Crippen LogP contribution in [0.1, 0.15) is 0 Å². The van der Waals surface area contributed by atoms with E-state index in [0.29, 0.717) is 5.52 Å². The summed E-state index contributed by atoms with van der Waals surface area (Å²) < 4.78 is 5.57. The minimum absolute atomic E-state index is 0.267. The molecular formula is C10H8N2O5. The van der Waals surface area contributed by atoms with E-state index >= 15 is 0 Å². The molecular weight excluding hydrogens is 228 g/mol. The van der Waals surface area contributed by atoms with Gasteiger partial charge in [0.2, 0.25) is 0 Å². The first-order chi connectivity index (χ1) is 8.09. The number of carbonyl (C=O) groups excluding carboxylic acids is 1. The van der Waals surface area contributed by atoms with E-state index in [2.05, 4.69) is 5.32 Å². The second-order valence-electron chi connectivity index (χ2n) is 3.22. The molecule has 7 nitrogen and oxygen atoms in total. The van der Waals surface area contributed by atoms with Gasteiger partial charge in [-0.25, -0.2) is 9.59 Å². The van der Waals surface area contributed by atoms with E-state index in [-0.39, 0.29) is 5.58 Å². The second kappa shape index (κ2) is 4.12. The molecule has 1 amide bonds. The summed E-state index contributed by atoms with van der Waals surface area (Å²) in [6, 6.07) is 5.53. The summed E-state index contributed by atoms with van der Waals surface area (Å²) in [6.45, 7) is -0.565. The zero-order chi connectivity index (χ0) is 12.4. The Bertz CT molecular complexity index is 639. The first-order valence-electron chi connectivity index (χ1n) is 4.70. The number of carbonyl (C=O) groups is 2. The van der Waals surface area contributed by atoms with Gasteiger partial charge in [0.25, 0.3) is 0 Å². The zero-order valence-electron chi connectivity index (χ0n) is 8.54. The molecule has 7 heteroatoms. The number of oxazole rings is 1. The third-order valence-electron chi connectivity index (χ3n) is 2.08. The van der Waals surface area contributed by atoms with Crippen LogP contribution >= 0.6 is 0 Å². The maximum Gasteiger partial charge on any atom is 0.428 e. The third-order valence-corrected chi connectivity index (χ3v) is 2.08. The van der Waals surface area contributed by atoms with Crippen molar-refractivity contribution in [1.29, 1.82) is 0 Å². The molecule has 17 heavy (non-hydrogen) atoms. The fourth-order valence-corrected chi connectivity index (χ4v) is 1.39. The molecule has 88 valence electrons. The summed E-state index contributed by atoms with van der Waals surface area (Å²) in [7, 11) is 0. The summed E-state index contributed by atoms with van der Waals surface area (Å²) in [6.07, 6.45) is 0. The van der Waals surface area contributed by atoms with E-state index in [1.807, 2.05) is 0 Å². The van der Waals surface area contributed by atoms with Gasteiger partial charge in [0, 0.05) is 0 Å². The number of hydrogen-bond acceptors (Lipinski definition) is 4. The minimum atomic E-state index is -1.20. The highest BCUT2D eigenvalue weighted by molar-refractivity contribution is 5.89. The summed E-state index contributed by atoms with van der Waals surface area (Å²) in [5.41, 5.74) is 0.559. The SMILES string of the molecule is O=C(O)CNC(=O)n1c(=O)oc2ccccc21. The molecule has 0 fully saturated rings. The molecule has 0 radical (unpaired) electrons.